The van der Waals surface area contributed by atoms with Crippen LogP contribution in [0.1, 0.15) is 23.6 Å². The van der Waals surface area contributed by atoms with Gasteiger partial charge in [-0.25, -0.2) is 9.69 Å². The molecule has 34 heavy (non-hydrogen) atoms. The van der Waals surface area contributed by atoms with Crippen LogP contribution in [-0.4, -0.2) is 29.6 Å². The molecule has 1 aliphatic rings. The lowest BCUT2D eigenvalue weighted by molar-refractivity contribution is -0.122. The van der Waals surface area contributed by atoms with Crippen LogP contribution >= 0.6 is 15.9 Å². The smallest absolute Gasteiger partial charge is 0.335 e. The molecule has 8 heteroatoms. The Labute approximate surface area is 204 Å². The zero-order chi connectivity index (χ0) is 24.2. The molecule has 0 unspecified atom stereocenters. The van der Waals surface area contributed by atoms with Crippen molar-refractivity contribution in [2.45, 2.75) is 13.3 Å². The van der Waals surface area contributed by atoms with E-state index in [4.69, 9.17) is 4.74 Å². The number of barbiturate groups is 1. The summed E-state index contributed by atoms with van der Waals surface area (Å²) in [7, 11) is 0. The molecule has 0 saturated carbocycles. The molecule has 0 aromatic heterocycles. The molecule has 3 aromatic carbocycles. The summed E-state index contributed by atoms with van der Waals surface area (Å²) in [4.78, 5) is 38.8. The van der Waals surface area contributed by atoms with Crippen molar-refractivity contribution in [1.82, 2.24) is 5.32 Å². The predicted octanol–water partition coefficient (Wildman–Crippen LogP) is 4.81. The number of benzene rings is 3. The number of anilines is 1. The first kappa shape index (κ1) is 23.3. The fourth-order valence-corrected chi connectivity index (χ4v) is 4.03. The largest absolute Gasteiger partial charge is 0.508 e. The van der Waals surface area contributed by atoms with Crippen LogP contribution in [-0.2, 0) is 16.0 Å². The standard InChI is InChI=1S/C26H21BrN2O5/c1-2-34-23-14-16(7-8-18(23)15-17-5-3-4-6-22(17)27)13-21-24(31)28-26(33)29(25(21)32)19-9-11-20(30)12-10-19/h3-14,30H,2,15H2,1H3,(H,28,31,33)/b21-13+. The quantitative estimate of drug-likeness (QED) is 0.359. The molecule has 3 aromatic rings. The molecular formula is C26H21BrN2O5. The maximum Gasteiger partial charge on any atom is 0.335 e. The lowest BCUT2D eigenvalue weighted by atomic mass is 10.0. The summed E-state index contributed by atoms with van der Waals surface area (Å²) in [6.45, 7) is 2.33. The fraction of sp³-hybridized carbons (Fsp3) is 0.115. The Balaban J connectivity index is 1.67. The third-order valence-corrected chi connectivity index (χ3v) is 6.02. The molecule has 0 bridgehead atoms. The van der Waals surface area contributed by atoms with Gasteiger partial charge in [-0.3, -0.25) is 14.9 Å². The highest BCUT2D eigenvalue weighted by Gasteiger charge is 2.36. The number of phenolic OH excluding ortho intramolecular Hbond substituents is 1. The monoisotopic (exact) mass is 520 g/mol. The van der Waals surface area contributed by atoms with Crippen LogP contribution in [0.4, 0.5) is 10.5 Å². The number of amides is 4. The number of urea groups is 1. The van der Waals surface area contributed by atoms with E-state index in [1.165, 1.54) is 30.3 Å². The van der Waals surface area contributed by atoms with Crippen LogP contribution in [0.3, 0.4) is 0 Å². The summed E-state index contributed by atoms with van der Waals surface area (Å²) in [5, 5.41) is 11.7. The zero-order valence-corrected chi connectivity index (χ0v) is 19.8. The van der Waals surface area contributed by atoms with E-state index in [1.807, 2.05) is 37.3 Å². The number of hydrogen-bond acceptors (Lipinski definition) is 5. The number of imide groups is 2. The molecule has 1 saturated heterocycles. The Kier molecular flexibility index (Phi) is 6.79. The number of ether oxygens (including phenoxy) is 1. The lowest BCUT2D eigenvalue weighted by Gasteiger charge is -2.26. The first-order valence-electron chi connectivity index (χ1n) is 10.6. The number of carbonyl (C=O) groups is 3. The first-order valence-corrected chi connectivity index (χ1v) is 11.4. The minimum atomic E-state index is -0.850. The molecule has 2 N–H and O–H groups in total. The molecule has 0 radical (unpaired) electrons. The minimum absolute atomic E-state index is 0.00784. The second-order valence-corrected chi connectivity index (χ2v) is 8.40. The van der Waals surface area contributed by atoms with Crippen molar-refractivity contribution in [2.75, 3.05) is 11.5 Å². The average Bonchev–Trinajstić information content (AvgIpc) is 2.81. The van der Waals surface area contributed by atoms with Crippen molar-refractivity contribution < 1.29 is 24.2 Å². The topological polar surface area (TPSA) is 95.9 Å². The summed E-state index contributed by atoms with van der Waals surface area (Å²) in [5.74, 6) is -0.899. The van der Waals surface area contributed by atoms with Gasteiger partial charge in [-0.05, 0) is 66.1 Å². The summed E-state index contributed by atoms with van der Waals surface area (Å²) >= 11 is 3.57. The van der Waals surface area contributed by atoms with Crippen molar-refractivity contribution in [3.63, 3.8) is 0 Å². The van der Waals surface area contributed by atoms with Crippen molar-refractivity contribution in [3.8, 4) is 11.5 Å². The van der Waals surface area contributed by atoms with Gasteiger partial charge in [0.25, 0.3) is 11.8 Å². The Morgan fingerprint density at radius 2 is 1.74 bits per heavy atom. The highest BCUT2D eigenvalue weighted by Crippen LogP contribution is 2.29. The molecule has 0 aliphatic carbocycles. The Morgan fingerprint density at radius 3 is 2.44 bits per heavy atom. The number of nitrogens with zero attached hydrogens (tertiary/aromatic N) is 1. The highest BCUT2D eigenvalue weighted by atomic mass is 79.9. The molecule has 4 amide bonds. The fourth-order valence-electron chi connectivity index (χ4n) is 3.60. The number of nitrogens with one attached hydrogen (secondary N) is 1. The number of carbonyl (C=O) groups excluding carboxylic acids is 3. The van der Waals surface area contributed by atoms with Crippen LogP contribution in [0, 0.1) is 0 Å². The first-order chi connectivity index (χ1) is 16.4. The van der Waals surface area contributed by atoms with Gasteiger partial charge in [-0.15, -0.1) is 0 Å². The van der Waals surface area contributed by atoms with E-state index in [1.54, 1.807) is 12.1 Å². The maximum absolute atomic E-state index is 13.1. The van der Waals surface area contributed by atoms with Crippen molar-refractivity contribution >= 4 is 45.5 Å². The van der Waals surface area contributed by atoms with E-state index in [9.17, 15) is 19.5 Å². The maximum atomic E-state index is 13.1. The van der Waals surface area contributed by atoms with E-state index in [0.717, 1.165) is 20.5 Å². The van der Waals surface area contributed by atoms with Gasteiger partial charge in [-0.2, -0.15) is 0 Å². The van der Waals surface area contributed by atoms with Crippen molar-refractivity contribution in [2.24, 2.45) is 0 Å². The average molecular weight is 521 g/mol. The number of hydrogen-bond donors (Lipinski definition) is 2. The third kappa shape index (κ3) is 4.87. The normalized spacial score (nSPS) is 14.9. The van der Waals surface area contributed by atoms with Gasteiger partial charge in [0.2, 0.25) is 0 Å². The molecule has 0 spiro atoms. The minimum Gasteiger partial charge on any atom is -0.508 e. The number of aromatic hydroxyl groups is 1. The number of phenols is 1. The van der Waals surface area contributed by atoms with E-state index < -0.39 is 17.8 Å². The van der Waals surface area contributed by atoms with E-state index in [-0.39, 0.29) is 17.0 Å². The number of halogens is 1. The van der Waals surface area contributed by atoms with Crippen LogP contribution in [0.25, 0.3) is 6.08 Å². The van der Waals surface area contributed by atoms with Gasteiger partial charge >= 0.3 is 6.03 Å². The van der Waals surface area contributed by atoms with Crippen LogP contribution in [0.5, 0.6) is 11.5 Å². The van der Waals surface area contributed by atoms with Gasteiger partial charge in [-0.1, -0.05) is 46.3 Å². The van der Waals surface area contributed by atoms with Crippen molar-refractivity contribution in [1.29, 1.82) is 0 Å². The van der Waals surface area contributed by atoms with Gasteiger partial charge in [0.05, 0.1) is 12.3 Å². The van der Waals surface area contributed by atoms with Gasteiger partial charge < -0.3 is 9.84 Å². The summed E-state index contributed by atoms with van der Waals surface area (Å²) < 4.78 is 6.83. The summed E-state index contributed by atoms with van der Waals surface area (Å²) in [6, 6.07) is 18.1. The molecule has 7 nitrogen and oxygen atoms in total. The lowest BCUT2D eigenvalue weighted by Crippen LogP contribution is -2.54. The van der Waals surface area contributed by atoms with Crippen molar-refractivity contribution in [3.05, 3.63) is 93.5 Å². The summed E-state index contributed by atoms with van der Waals surface area (Å²) in [6.07, 6.45) is 2.07. The van der Waals surface area contributed by atoms with Gasteiger partial charge in [0, 0.05) is 10.9 Å². The molecule has 172 valence electrons. The molecule has 1 aliphatic heterocycles. The third-order valence-electron chi connectivity index (χ3n) is 5.25. The van der Waals surface area contributed by atoms with E-state index in [2.05, 4.69) is 21.2 Å². The molecular weight excluding hydrogens is 500 g/mol. The van der Waals surface area contributed by atoms with E-state index in [0.29, 0.717) is 24.3 Å². The number of rotatable bonds is 6. The Bertz CT molecular complexity index is 1300. The van der Waals surface area contributed by atoms with Crippen LogP contribution in [0.15, 0.2) is 76.8 Å². The predicted molar refractivity (Wildman–Crippen MR) is 132 cm³/mol. The van der Waals surface area contributed by atoms with Gasteiger partial charge in [0.1, 0.15) is 17.1 Å². The molecule has 4 rings (SSSR count). The highest BCUT2D eigenvalue weighted by molar-refractivity contribution is 9.10. The Hall–Kier alpha value is -3.91. The molecule has 1 fully saturated rings. The second kappa shape index (κ2) is 9.93. The van der Waals surface area contributed by atoms with Crippen LogP contribution in [0.2, 0.25) is 0 Å². The van der Waals surface area contributed by atoms with E-state index >= 15 is 0 Å². The second-order valence-electron chi connectivity index (χ2n) is 7.54. The summed E-state index contributed by atoms with van der Waals surface area (Å²) in [5.41, 5.74) is 2.68. The van der Waals surface area contributed by atoms with Crippen LogP contribution < -0.4 is 15.0 Å². The Morgan fingerprint density at radius 1 is 1.00 bits per heavy atom. The SMILES string of the molecule is CCOc1cc(/C=C2\C(=O)NC(=O)N(c3ccc(O)cc3)C2=O)ccc1Cc1ccccc1Br. The van der Waals surface area contributed by atoms with Gasteiger partial charge in [0.15, 0.2) is 0 Å². The molecule has 1 heterocycles. The molecule has 0 atom stereocenters. The zero-order valence-electron chi connectivity index (χ0n) is 18.2.